The summed E-state index contributed by atoms with van der Waals surface area (Å²) < 4.78 is 9.88. The third-order valence-electron chi connectivity index (χ3n) is 1.97. The van der Waals surface area contributed by atoms with Crippen molar-refractivity contribution < 1.29 is 14.3 Å². The van der Waals surface area contributed by atoms with Crippen LogP contribution in [0.15, 0.2) is 18.3 Å². The Morgan fingerprint density at radius 3 is 2.82 bits per heavy atom. The number of ether oxygens (including phenoxy) is 2. The largest absolute Gasteiger partial charge is 0.382 e. The van der Waals surface area contributed by atoms with E-state index in [0.29, 0.717) is 18.9 Å². The summed E-state index contributed by atoms with van der Waals surface area (Å²) in [6, 6.07) is 3.55. The number of anilines is 2. The number of aromatic nitrogens is 1. The van der Waals surface area contributed by atoms with Crippen LogP contribution in [0.25, 0.3) is 0 Å². The van der Waals surface area contributed by atoms with Gasteiger partial charge in [-0.25, -0.2) is 4.98 Å². The van der Waals surface area contributed by atoms with Crippen LogP contribution in [0.1, 0.15) is 0 Å². The summed E-state index contributed by atoms with van der Waals surface area (Å²) in [5.41, 5.74) is 0.643. The summed E-state index contributed by atoms with van der Waals surface area (Å²) in [5, 5.41) is 5.57. The Kier molecular flexibility index (Phi) is 5.98. The third-order valence-corrected chi connectivity index (χ3v) is 1.97. The Labute approximate surface area is 100 Å². The van der Waals surface area contributed by atoms with Crippen molar-refractivity contribution in [3.05, 3.63) is 18.3 Å². The first kappa shape index (κ1) is 13.4. The van der Waals surface area contributed by atoms with Gasteiger partial charge in [0.15, 0.2) is 0 Å². The molecule has 0 aliphatic heterocycles. The van der Waals surface area contributed by atoms with Crippen molar-refractivity contribution in [1.29, 1.82) is 0 Å². The fraction of sp³-hybridized carbons (Fsp3) is 0.455. The van der Waals surface area contributed by atoms with Gasteiger partial charge in [-0.1, -0.05) is 0 Å². The summed E-state index contributed by atoms with van der Waals surface area (Å²) in [7, 11) is 3.36. The third kappa shape index (κ3) is 5.28. The molecule has 1 amide bonds. The minimum atomic E-state index is -0.208. The normalized spacial score (nSPS) is 10.0. The van der Waals surface area contributed by atoms with Crippen molar-refractivity contribution >= 4 is 17.4 Å². The molecule has 6 nitrogen and oxygen atoms in total. The highest BCUT2D eigenvalue weighted by Gasteiger charge is 2.02. The zero-order valence-electron chi connectivity index (χ0n) is 10.0. The molecule has 1 aromatic rings. The Hall–Kier alpha value is -1.66. The van der Waals surface area contributed by atoms with Crippen LogP contribution in [-0.4, -0.2) is 44.9 Å². The van der Waals surface area contributed by atoms with E-state index in [-0.39, 0.29) is 12.5 Å². The van der Waals surface area contributed by atoms with E-state index >= 15 is 0 Å². The fourth-order valence-corrected chi connectivity index (χ4v) is 1.12. The van der Waals surface area contributed by atoms with E-state index in [1.807, 2.05) is 0 Å². The van der Waals surface area contributed by atoms with E-state index in [1.54, 1.807) is 32.5 Å². The van der Waals surface area contributed by atoms with Crippen molar-refractivity contribution in [3.8, 4) is 0 Å². The summed E-state index contributed by atoms with van der Waals surface area (Å²) in [6.07, 6.45) is 1.58. The van der Waals surface area contributed by atoms with Crippen molar-refractivity contribution in [2.75, 3.05) is 44.6 Å². The monoisotopic (exact) mass is 239 g/mol. The van der Waals surface area contributed by atoms with E-state index in [4.69, 9.17) is 9.47 Å². The highest BCUT2D eigenvalue weighted by Crippen LogP contribution is 2.08. The van der Waals surface area contributed by atoms with E-state index in [0.717, 1.165) is 5.82 Å². The summed E-state index contributed by atoms with van der Waals surface area (Å²) in [6.45, 7) is 0.893. The van der Waals surface area contributed by atoms with Crippen LogP contribution in [-0.2, 0) is 14.3 Å². The zero-order valence-corrected chi connectivity index (χ0v) is 10.0. The number of nitrogens with one attached hydrogen (secondary N) is 2. The summed E-state index contributed by atoms with van der Waals surface area (Å²) >= 11 is 0. The van der Waals surface area contributed by atoms with E-state index in [1.165, 1.54) is 0 Å². The van der Waals surface area contributed by atoms with Crippen molar-refractivity contribution in [1.82, 2.24) is 4.98 Å². The fourth-order valence-electron chi connectivity index (χ4n) is 1.12. The number of carbonyl (C=O) groups is 1. The van der Waals surface area contributed by atoms with Crippen molar-refractivity contribution in [3.63, 3.8) is 0 Å². The molecule has 0 fully saturated rings. The van der Waals surface area contributed by atoms with Crippen LogP contribution in [0, 0.1) is 0 Å². The first-order valence-electron chi connectivity index (χ1n) is 5.26. The molecule has 1 aromatic heterocycles. The van der Waals surface area contributed by atoms with Gasteiger partial charge in [0.05, 0.1) is 25.1 Å². The van der Waals surface area contributed by atoms with Gasteiger partial charge < -0.3 is 20.1 Å². The molecule has 0 atom stereocenters. The second-order valence-electron chi connectivity index (χ2n) is 3.28. The molecule has 0 spiro atoms. The quantitative estimate of drug-likeness (QED) is 0.686. The number of pyridine rings is 1. The van der Waals surface area contributed by atoms with Crippen LogP contribution in [0.2, 0.25) is 0 Å². The van der Waals surface area contributed by atoms with Crippen LogP contribution >= 0.6 is 0 Å². The van der Waals surface area contributed by atoms with Gasteiger partial charge in [-0.05, 0) is 12.1 Å². The molecule has 6 heteroatoms. The van der Waals surface area contributed by atoms with E-state index in [9.17, 15) is 4.79 Å². The number of rotatable bonds is 7. The van der Waals surface area contributed by atoms with Gasteiger partial charge in [-0.15, -0.1) is 0 Å². The summed E-state index contributed by atoms with van der Waals surface area (Å²) in [5.74, 6) is 0.541. The van der Waals surface area contributed by atoms with Gasteiger partial charge in [0.1, 0.15) is 12.4 Å². The van der Waals surface area contributed by atoms with Crippen LogP contribution in [0.5, 0.6) is 0 Å². The molecule has 94 valence electrons. The average molecular weight is 239 g/mol. The Balaban J connectivity index is 2.29. The molecule has 17 heavy (non-hydrogen) atoms. The lowest BCUT2D eigenvalue weighted by molar-refractivity contribution is -0.121. The maximum atomic E-state index is 11.4. The van der Waals surface area contributed by atoms with Crippen LogP contribution in [0.3, 0.4) is 0 Å². The molecule has 0 saturated heterocycles. The Morgan fingerprint density at radius 2 is 2.24 bits per heavy atom. The predicted molar refractivity (Wildman–Crippen MR) is 65.1 cm³/mol. The second-order valence-corrected chi connectivity index (χ2v) is 3.28. The number of carbonyl (C=O) groups excluding carboxylic acids is 1. The van der Waals surface area contributed by atoms with Gasteiger partial charge >= 0.3 is 0 Å². The second kappa shape index (κ2) is 7.59. The first-order valence-corrected chi connectivity index (χ1v) is 5.26. The molecular formula is C11H17N3O3. The van der Waals surface area contributed by atoms with Gasteiger partial charge in [-0.3, -0.25) is 4.79 Å². The highest BCUT2D eigenvalue weighted by atomic mass is 16.5. The minimum absolute atomic E-state index is 0.0111. The lowest BCUT2D eigenvalue weighted by Crippen LogP contribution is -2.19. The number of methoxy groups -OCH3 is 1. The number of hydrogen-bond donors (Lipinski definition) is 2. The van der Waals surface area contributed by atoms with Gasteiger partial charge in [0.25, 0.3) is 0 Å². The predicted octanol–water partition coefficient (Wildman–Crippen LogP) is 0.725. The lowest BCUT2D eigenvalue weighted by atomic mass is 10.4. The maximum absolute atomic E-state index is 11.4. The molecule has 1 rings (SSSR count). The lowest BCUT2D eigenvalue weighted by Gasteiger charge is -2.06. The minimum Gasteiger partial charge on any atom is -0.382 e. The maximum Gasteiger partial charge on any atom is 0.250 e. The van der Waals surface area contributed by atoms with Gasteiger partial charge in [-0.2, -0.15) is 0 Å². The number of nitrogens with zero attached hydrogens (tertiary/aromatic N) is 1. The Bertz CT molecular complexity index is 340. The topological polar surface area (TPSA) is 72.5 Å². The molecule has 0 saturated carbocycles. The molecule has 0 unspecified atom stereocenters. The molecule has 2 N–H and O–H groups in total. The molecular weight excluding hydrogens is 222 g/mol. The van der Waals surface area contributed by atoms with Gasteiger partial charge in [0.2, 0.25) is 5.91 Å². The van der Waals surface area contributed by atoms with E-state index < -0.39 is 0 Å². The molecule has 1 heterocycles. The molecule has 0 aliphatic rings. The Morgan fingerprint density at radius 1 is 1.41 bits per heavy atom. The summed E-state index contributed by atoms with van der Waals surface area (Å²) in [4.78, 5) is 15.5. The highest BCUT2D eigenvalue weighted by molar-refractivity contribution is 5.91. The standard InChI is InChI=1S/C11H17N3O3/c1-12-10-4-3-9(7-13-10)14-11(15)8-17-6-5-16-2/h3-4,7H,5-6,8H2,1-2H3,(H,12,13)(H,14,15). The smallest absolute Gasteiger partial charge is 0.250 e. The van der Waals surface area contributed by atoms with Crippen LogP contribution < -0.4 is 10.6 Å². The number of amides is 1. The molecule has 0 bridgehead atoms. The average Bonchev–Trinajstić information content (AvgIpc) is 2.36. The van der Waals surface area contributed by atoms with Crippen molar-refractivity contribution in [2.45, 2.75) is 0 Å². The first-order chi connectivity index (χ1) is 8.26. The van der Waals surface area contributed by atoms with Crippen molar-refractivity contribution in [2.24, 2.45) is 0 Å². The van der Waals surface area contributed by atoms with Crippen LogP contribution in [0.4, 0.5) is 11.5 Å². The molecule has 0 radical (unpaired) electrons. The zero-order chi connectivity index (χ0) is 12.5. The number of hydrogen-bond acceptors (Lipinski definition) is 5. The van der Waals surface area contributed by atoms with E-state index in [2.05, 4.69) is 15.6 Å². The van der Waals surface area contributed by atoms with Gasteiger partial charge in [0, 0.05) is 14.2 Å². The SMILES string of the molecule is CNc1ccc(NC(=O)COCCOC)cn1. The molecule has 0 aromatic carbocycles. The molecule has 0 aliphatic carbocycles.